The average molecular weight is 490 g/mol. The number of phenolic OH excluding ortho intramolecular Hbond substituents is 1. The monoisotopic (exact) mass is 489 g/mol. The number of methoxy groups -OCH3 is 1. The molecule has 0 amide bonds. The molecule has 31 heavy (non-hydrogen) atoms. The Bertz CT molecular complexity index is 876. The van der Waals surface area contributed by atoms with Crippen LogP contribution in [0.2, 0.25) is 0 Å². The van der Waals surface area contributed by atoms with Crippen LogP contribution in [-0.2, 0) is 16.0 Å². The van der Waals surface area contributed by atoms with Gasteiger partial charge in [0.2, 0.25) is 0 Å². The van der Waals surface area contributed by atoms with E-state index >= 15 is 0 Å². The second-order valence-corrected chi connectivity index (χ2v) is 8.07. The number of carbonyl (C=O) groups excluding carboxylic acids is 1. The van der Waals surface area contributed by atoms with Crippen molar-refractivity contribution >= 4 is 52.7 Å². The van der Waals surface area contributed by atoms with Crippen molar-refractivity contribution in [3.63, 3.8) is 0 Å². The van der Waals surface area contributed by atoms with Crippen molar-refractivity contribution < 1.29 is 19.7 Å². The molecule has 0 fully saturated rings. The van der Waals surface area contributed by atoms with Crippen molar-refractivity contribution in [2.45, 2.75) is 40.5 Å². The molecule has 0 radical (unpaired) electrons. The number of hydrogen-bond donors (Lipinski definition) is 4. The Morgan fingerprint density at radius 1 is 1.23 bits per heavy atom. The predicted octanol–water partition coefficient (Wildman–Crippen LogP) is 6.19. The summed E-state index contributed by atoms with van der Waals surface area (Å²) in [6, 6.07) is 5.15. The molecule has 0 unspecified atom stereocenters. The first-order chi connectivity index (χ1) is 14.7. The zero-order chi connectivity index (χ0) is 24.0. The van der Waals surface area contributed by atoms with Gasteiger partial charge in [0.25, 0.3) is 0 Å². The second-order valence-electron chi connectivity index (χ2n) is 6.90. The normalized spacial score (nSPS) is 11.9. The number of carbonyl (C=O) groups is 1. The van der Waals surface area contributed by atoms with Gasteiger partial charge in [0, 0.05) is 29.5 Å². The number of phenols is 1. The molecule has 3 N–H and O–H groups in total. The van der Waals surface area contributed by atoms with E-state index < -0.39 is 5.41 Å². The van der Waals surface area contributed by atoms with E-state index in [1.54, 1.807) is 24.3 Å². The number of aliphatic hydroxyl groups is 1. The van der Waals surface area contributed by atoms with E-state index in [1.165, 1.54) is 7.11 Å². The number of thiol groups is 1. The fourth-order valence-corrected chi connectivity index (χ4v) is 3.23. The number of aromatic hydroxyl groups is 1. The van der Waals surface area contributed by atoms with Gasteiger partial charge in [0.15, 0.2) is 0 Å². The lowest BCUT2D eigenvalue weighted by molar-refractivity contribution is -0.150. The molecule has 0 spiro atoms. The van der Waals surface area contributed by atoms with Crippen molar-refractivity contribution in [3.8, 4) is 5.75 Å². The molecule has 174 valence electrons. The lowest BCUT2D eigenvalue weighted by Crippen LogP contribution is -2.27. The van der Waals surface area contributed by atoms with E-state index in [9.17, 15) is 9.90 Å². The zero-order valence-corrected chi connectivity index (χ0v) is 21.1. The molecule has 2 rings (SSSR count). The summed E-state index contributed by atoms with van der Waals surface area (Å²) >= 11 is 15.4. The fraction of sp³-hybridized carbons (Fsp3) is 0.435. The van der Waals surface area contributed by atoms with Crippen LogP contribution in [-0.4, -0.2) is 40.6 Å². The highest BCUT2D eigenvalue weighted by molar-refractivity contribution is 7.80. The molecule has 1 aromatic heterocycles. The van der Waals surface area contributed by atoms with Gasteiger partial charge in [0.05, 0.1) is 22.6 Å². The highest BCUT2D eigenvalue weighted by Crippen LogP contribution is 2.29. The average Bonchev–Trinajstić information content (AvgIpc) is 3.14. The van der Waals surface area contributed by atoms with Gasteiger partial charge >= 0.3 is 5.97 Å². The van der Waals surface area contributed by atoms with E-state index in [-0.39, 0.29) is 18.3 Å². The lowest BCUT2D eigenvalue weighted by atomic mass is 9.86. The van der Waals surface area contributed by atoms with Crippen LogP contribution in [0.3, 0.4) is 0 Å². The van der Waals surface area contributed by atoms with Crippen molar-refractivity contribution in [1.82, 2.24) is 4.98 Å². The summed E-state index contributed by atoms with van der Waals surface area (Å²) in [5, 5.41) is 19.9. The molecule has 2 aromatic rings. The predicted molar refractivity (Wildman–Crippen MR) is 134 cm³/mol. The Morgan fingerprint density at radius 3 is 2.39 bits per heavy atom. The molecule has 1 heterocycles. The molecule has 0 saturated carbocycles. The zero-order valence-electron chi connectivity index (χ0n) is 18.7. The molecule has 0 aliphatic carbocycles. The molecule has 0 bridgehead atoms. The maximum Gasteiger partial charge on any atom is 0.311 e. The minimum absolute atomic E-state index is 0.0846. The molecule has 8 heteroatoms. The van der Waals surface area contributed by atoms with Gasteiger partial charge in [-0.2, -0.15) is 12.6 Å². The third kappa shape index (κ3) is 10.0. The molecule has 0 aliphatic rings. The number of aromatic nitrogens is 1. The quantitative estimate of drug-likeness (QED) is 0.212. The van der Waals surface area contributed by atoms with Gasteiger partial charge in [-0.05, 0) is 50.5 Å². The van der Waals surface area contributed by atoms with Crippen LogP contribution in [0, 0.1) is 5.41 Å². The SMILES string of the molecule is CC.COC(=O)C(C)(C)Cc1c[nH]c2ccc(O)cc12.OCC/C=C(Cl)\C(Cl)=C/CS. The number of aliphatic hydroxyl groups excluding tert-OH is 1. The summed E-state index contributed by atoms with van der Waals surface area (Å²) in [5.41, 5.74) is 1.36. The summed E-state index contributed by atoms with van der Waals surface area (Å²) < 4.78 is 4.80. The topological polar surface area (TPSA) is 82.6 Å². The standard InChI is InChI=1S/C14H17NO3.C7H10Cl2OS.C2H6/c1-14(2,13(17)18-3)7-9-8-15-12-5-4-10(16)6-11(9)12;8-6(2-1-4-10)7(9)3-5-11;1-2/h4-6,8,15-16H,7H2,1-3H3;2-3,10-11H,1,4-5H2;1-2H3/b;6-2+,7-3+;. The van der Waals surface area contributed by atoms with Crippen LogP contribution in [0.5, 0.6) is 5.75 Å². The van der Waals surface area contributed by atoms with Crippen LogP contribution in [0.1, 0.15) is 39.7 Å². The Labute approximate surface area is 200 Å². The van der Waals surface area contributed by atoms with E-state index in [4.69, 9.17) is 33.0 Å². The van der Waals surface area contributed by atoms with Gasteiger partial charge in [0.1, 0.15) is 5.75 Å². The molecule has 0 atom stereocenters. The molecule has 1 aromatic carbocycles. The molecular weight excluding hydrogens is 457 g/mol. The summed E-state index contributed by atoms with van der Waals surface area (Å²) in [5.74, 6) is 0.540. The van der Waals surface area contributed by atoms with E-state index in [0.717, 1.165) is 16.5 Å². The van der Waals surface area contributed by atoms with Crippen molar-refractivity contribution in [1.29, 1.82) is 0 Å². The number of halogens is 2. The summed E-state index contributed by atoms with van der Waals surface area (Å²) in [7, 11) is 1.39. The highest BCUT2D eigenvalue weighted by Gasteiger charge is 2.29. The summed E-state index contributed by atoms with van der Waals surface area (Å²) in [6.07, 6.45) is 6.32. The molecule has 5 nitrogen and oxygen atoms in total. The van der Waals surface area contributed by atoms with Crippen LogP contribution < -0.4 is 0 Å². The first-order valence-electron chi connectivity index (χ1n) is 9.97. The smallest absolute Gasteiger partial charge is 0.311 e. The number of aromatic amines is 1. The number of esters is 1. The van der Waals surface area contributed by atoms with Crippen LogP contribution in [0.15, 0.2) is 46.6 Å². The largest absolute Gasteiger partial charge is 0.508 e. The number of allylic oxidation sites excluding steroid dienone is 2. The van der Waals surface area contributed by atoms with E-state index in [2.05, 4.69) is 17.6 Å². The highest BCUT2D eigenvalue weighted by atomic mass is 35.5. The van der Waals surface area contributed by atoms with Gasteiger partial charge in [-0.3, -0.25) is 4.79 Å². The molecule has 0 aliphatic heterocycles. The number of ether oxygens (including phenoxy) is 1. The van der Waals surface area contributed by atoms with E-state index in [0.29, 0.717) is 28.7 Å². The molecular formula is C23H33Cl2NO4S. The van der Waals surface area contributed by atoms with Gasteiger partial charge in [-0.25, -0.2) is 0 Å². The maximum atomic E-state index is 11.7. The third-order valence-corrected chi connectivity index (χ3v) is 5.07. The fourth-order valence-electron chi connectivity index (χ4n) is 2.60. The van der Waals surface area contributed by atoms with Crippen LogP contribution >= 0.6 is 35.8 Å². The van der Waals surface area contributed by atoms with Crippen molar-refractivity contribution in [2.75, 3.05) is 19.5 Å². The summed E-state index contributed by atoms with van der Waals surface area (Å²) in [4.78, 5) is 14.8. The Hall–Kier alpha value is -1.60. The minimum Gasteiger partial charge on any atom is -0.508 e. The number of hydrogen-bond acceptors (Lipinski definition) is 5. The van der Waals surface area contributed by atoms with Gasteiger partial charge < -0.3 is 19.9 Å². The second kappa shape index (κ2) is 15.2. The first kappa shape index (κ1) is 29.4. The number of benzene rings is 1. The van der Waals surface area contributed by atoms with Crippen LogP contribution in [0.25, 0.3) is 10.9 Å². The Balaban J connectivity index is 0.000000599. The maximum absolute atomic E-state index is 11.7. The number of H-pyrrole nitrogens is 1. The summed E-state index contributed by atoms with van der Waals surface area (Å²) in [6.45, 7) is 7.78. The van der Waals surface area contributed by atoms with Crippen molar-refractivity contribution in [2.24, 2.45) is 5.41 Å². The first-order valence-corrected chi connectivity index (χ1v) is 11.4. The molecule has 0 saturated heterocycles. The minimum atomic E-state index is -0.588. The van der Waals surface area contributed by atoms with Crippen LogP contribution in [0.4, 0.5) is 0 Å². The van der Waals surface area contributed by atoms with Crippen molar-refractivity contribution in [3.05, 3.63) is 52.2 Å². The van der Waals surface area contributed by atoms with Gasteiger partial charge in [-0.15, -0.1) is 0 Å². The third-order valence-electron chi connectivity index (χ3n) is 4.07. The number of nitrogens with one attached hydrogen (secondary N) is 1. The Morgan fingerprint density at radius 2 is 1.84 bits per heavy atom. The number of fused-ring (bicyclic) bond motifs is 1. The van der Waals surface area contributed by atoms with Gasteiger partial charge in [-0.1, -0.05) is 49.2 Å². The van der Waals surface area contributed by atoms with E-state index in [1.807, 2.05) is 40.0 Å². The number of rotatable bonds is 7. The Kier molecular flexibility index (Phi) is 14.5. The lowest BCUT2D eigenvalue weighted by Gasteiger charge is -2.20.